The lowest BCUT2D eigenvalue weighted by Gasteiger charge is -2.52. The molecule has 18 N–H and O–H groups in total. The molecule has 2 amide bonds. The van der Waals surface area contributed by atoms with Crippen molar-refractivity contribution < 1.29 is 124 Å². The van der Waals surface area contributed by atoms with Crippen LogP contribution in [0.1, 0.15) is 104 Å². The molecule has 4 heterocycles. The van der Waals surface area contributed by atoms with E-state index in [-0.39, 0.29) is 0 Å². The molecule has 0 bridgehead atoms. The number of unbranched alkanes of at least 4 members (excludes halogenated alkanes) is 11. The summed E-state index contributed by atoms with van der Waals surface area (Å²) in [6.07, 6.45) is -21.1. The first-order valence-corrected chi connectivity index (χ1v) is 26.6. The van der Waals surface area contributed by atoms with Crippen LogP contribution in [0, 0.1) is 0 Å². The Labute approximate surface area is 446 Å². The molecule has 4 saturated heterocycles. The fourth-order valence-corrected chi connectivity index (χ4v) is 9.78. The van der Waals surface area contributed by atoms with Crippen molar-refractivity contribution in [3.05, 3.63) is 12.2 Å². The summed E-state index contributed by atoms with van der Waals surface area (Å²) in [6.45, 7) is -0.373. The normalized spacial score (nSPS) is 37.5. The number of carbonyl (C=O) groups is 3. The van der Waals surface area contributed by atoms with Crippen LogP contribution in [0.3, 0.4) is 0 Å². The average molecular weight is 1120 g/mol. The van der Waals surface area contributed by atoms with Gasteiger partial charge in [0.05, 0.1) is 57.3 Å². The van der Waals surface area contributed by atoms with Crippen molar-refractivity contribution in [1.29, 1.82) is 0 Å². The number of carbonyl (C=O) groups excluding carboxylic acids is 2. The minimum atomic E-state index is -3.25. The lowest BCUT2D eigenvalue weighted by atomic mass is 9.88. The van der Waals surface area contributed by atoms with Crippen LogP contribution in [0.25, 0.3) is 0 Å². The Hall–Kier alpha value is -2.73. The molecule has 4 fully saturated rings. The number of hydrogen-bond acceptors (Lipinski definition) is 25. The van der Waals surface area contributed by atoms with E-state index in [2.05, 4.69) is 17.6 Å². The van der Waals surface area contributed by atoms with Crippen LogP contribution >= 0.6 is 0 Å². The molecule has 0 radical (unpaired) electrons. The minimum Gasteiger partial charge on any atom is -0.477 e. The predicted octanol–water partition coefficient (Wildman–Crippen LogP) is -5.29. The van der Waals surface area contributed by atoms with Crippen LogP contribution in [0.2, 0.25) is 0 Å². The van der Waals surface area contributed by atoms with Gasteiger partial charge in [-0.25, -0.2) is 4.79 Å². The van der Waals surface area contributed by atoms with Gasteiger partial charge in [-0.1, -0.05) is 83.3 Å². The summed E-state index contributed by atoms with van der Waals surface area (Å²) in [5.74, 6) is -6.96. The average Bonchev–Trinajstić information content (AvgIpc) is 3.40. The molecule has 0 saturated carbocycles. The molecular weight excluding hydrogens is 1030 g/mol. The fraction of sp³-hybridized carbons (Fsp3) is 0.898. The molecule has 0 spiro atoms. The van der Waals surface area contributed by atoms with Crippen molar-refractivity contribution in [1.82, 2.24) is 10.6 Å². The third-order valence-electron chi connectivity index (χ3n) is 14.2. The second-order valence-corrected chi connectivity index (χ2v) is 20.3. The Kier molecular flexibility index (Phi) is 28.3. The lowest BCUT2D eigenvalue weighted by molar-refractivity contribution is -0.400. The molecule has 77 heavy (non-hydrogen) atoms. The number of aliphatic hydroxyl groups excluding tert-OH is 13. The van der Waals surface area contributed by atoms with Gasteiger partial charge in [-0.3, -0.25) is 9.59 Å². The molecule has 23 atom stereocenters. The highest BCUT2D eigenvalue weighted by Crippen LogP contribution is 2.40. The third-order valence-corrected chi connectivity index (χ3v) is 14.2. The maximum atomic E-state index is 13.4. The smallest absolute Gasteiger partial charge is 0.364 e. The summed E-state index contributed by atoms with van der Waals surface area (Å²) in [5.41, 5.74) is 6.17. The molecule has 4 rings (SSSR count). The second kappa shape index (κ2) is 32.6. The highest BCUT2D eigenvalue weighted by atomic mass is 16.8. The maximum Gasteiger partial charge on any atom is 0.364 e. The highest BCUT2D eigenvalue weighted by molar-refractivity contribution is 5.76. The second-order valence-electron chi connectivity index (χ2n) is 20.3. The van der Waals surface area contributed by atoms with Crippen LogP contribution < -0.4 is 16.4 Å². The summed E-state index contributed by atoms with van der Waals surface area (Å²) < 4.78 is 46.8. The van der Waals surface area contributed by atoms with E-state index in [9.17, 15) is 85.9 Å². The first kappa shape index (κ1) is 66.8. The number of aliphatic carboxylic acids is 1. The number of ether oxygens (including phenoxy) is 8. The van der Waals surface area contributed by atoms with E-state index < -0.39 is 198 Å². The SMILES string of the molecule is CCCCCCCCCCCCCC=CC(O)C(N)COC1OC(CO)C(OC2OC(CO)C(OC3OC(CO)C(O)C(O)C3NC(C)=O)C(OC3(C(=O)O)CC(O)C(NC(C)=O)C(C(O)C(O)CO)O3)C2O)C(O)C1O. The summed E-state index contributed by atoms with van der Waals surface area (Å²) in [4.78, 5) is 37.9. The fourth-order valence-electron chi connectivity index (χ4n) is 9.78. The van der Waals surface area contributed by atoms with Gasteiger partial charge in [0.15, 0.2) is 18.9 Å². The van der Waals surface area contributed by atoms with E-state index in [4.69, 9.17) is 43.6 Å². The van der Waals surface area contributed by atoms with Crippen LogP contribution in [-0.4, -0.2) is 263 Å². The van der Waals surface area contributed by atoms with E-state index in [0.717, 1.165) is 33.1 Å². The number of carboxylic acids is 1. The van der Waals surface area contributed by atoms with Crippen molar-refractivity contribution in [3.8, 4) is 0 Å². The molecule has 0 aromatic rings. The largest absolute Gasteiger partial charge is 0.477 e. The maximum absolute atomic E-state index is 13.4. The van der Waals surface area contributed by atoms with E-state index in [0.29, 0.717) is 6.42 Å². The molecule has 0 aromatic heterocycles. The molecule has 28 nitrogen and oxygen atoms in total. The summed E-state index contributed by atoms with van der Waals surface area (Å²) in [6, 6.07) is -4.43. The zero-order chi connectivity index (χ0) is 57.1. The topological polar surface area (TPSA) is 458 Å². The number of nitrogens with two attached hydrogens (primary N) is 1. The van der Waals surface area contributed by atoms with Crippen molar-refractivity contribution in [2.24, 2.45) is 5.73 Å². The Morgan fingerprint density at radius 2 is 1.19 bits per heavy atom. The van der Waals surface area contributed by atoms with E-state index in [1.165, 1.54) is 57.4 Å². The molecule has 28 heteroatoms. The predicted molar refractivity (Wildman–Crippen MR) is 262 cm³/mol. The zero-order valence-corrected chi connectivity index (χ0v) is 43.9. The van der Waals surface area contributed by atoms with E-state index in [1.807, 2.05) is 6.08 Å². The number of amides is 2. The van der Waals surface area contributed by atoms with E-state index >= 15 is 0 Å². The summed E-state index contributed by atoms with van der Waals surface area (Å²) in [7, 11) is 0. The number of allylic oxidation sites excluding steroid dienone is 1. The first-order valence-electron chi connectivity index (χ1n) is 26.6. The standard InChI is InChI=1S/C49H87N3O25/c1-4-5-6-7-8-9-10-11-12-13-14-15-16-17-27(59)26(50)23-70-46-39(66)38(65)41(31(21-55)72-46)74-47-40(67)44(42(32(22-56)73-47)75-45-34(52-25(3)58)37(64)36(63)30(20-54)71-45)77-49(48(68)69)18-28(60)33(51-24(2)57)43(76-49)35(62)29(61)19-53/h16-17,26-47,53-56,59-67H,4-15,18-23,50H2,1-3H3,(H,51,57)(H,52,58)(H,68,69). The van der Waals surface area contributed by atoms with Gasteiger partial charge in [-0.15, -0.1) is 0 Å². The van der Waals surface area contributed by atoms with Gasteiger partial charge in [0.2, 0.25) is 11.8 Å². The lowest BCUT2D eigenvalue weighted by Crippen LogP contribution is -2.72. The molecule has 4 aliphatic heterocycles. The van der Waals surface area contributed by atoms with Crippen molar-refractivity contribution >= 4 is 17.8 Å². The van der Waals surface area contributed by atoms with Gasteiger partial charge < -0.3 is 126 Å². The van der Waals surface area contributed by atoms with Gasteiger partial charge in [-0.2, -0.15) is 0 Å². The van der Waals surface area contributed by atoms with Crippen LogP contribution in [0.4, 0.5) is 0 Å². The van der Waals surface area contributed by atoms with Crippen molar-refractivity contribution in [2.45, 2.75) is 245 Å². The van der Waals surface area contributed by atoms with E-state index in [1.54, 1.807) is 0 Å². The first-order chi connectivity index (χ1) is 36.6. The monoisotopic (exact) mass is 1120 g/mol. The number of nitrogens with one attached hydrogen (secondary N) is 2. The molecule has 4 aliphatic rings. The van der Waals surface area contributed by atoms with Gasteiger partial charge >= 0.3 is 5.97 Å². The Balaban J connectivity index is 1.56. The summed E-state index contributed by atoms with van der Waals surface area (Å²) in [5, 5.41) is 157. The zero-order valence-electron chi connectivity index (χ0n) is 43.9. The molecular formula is C49H87N3O25. The minimum absolute atomic E-state index is 0.419. The quantitative estimate of drug-likeness (QED) is 0.0221. The van der Waals surface area contributed by atoms with Gasteiger partial charge in [-0.05, 0) is 12.8 Å². The number of aliphatic hydroxyl groups is 13. The molecule has 448 valence electrons. The van der Waals surface area contributed by atoms with Crippen LogP contribution in [-0.2, 0) is 52.3 Å². The number of carboxylic acid groups (broad SMARTS) is 1. The number of rotatable bonds is 32. The molecule has 0 aromatic carbocycles. The van der Waals surface area contributed by atoms with Gasteiger partial charge in [0.1, 0.15) is 91.5 Å². The summed E-state index contributed by atoms with van der Waals surface area (Å²) >= 11 is 0. The van der Waals surface area contributed by atoms with Gasteiger partial charge in [0, 0.05) is 20.3 Å². The Morgan fingerprint density at radius 1 is 0.662 bits per heavy atom. The Morgan fingerprint density at radius 3 is 1.75 bits per heavy atom. The highest BCUT2D eigenvalue weighted by Gasteiger charge is 2.61. The third kappa shape index (κ3) is 18.4. The van der Waals surface area contributed by atoms with Crippen molar-refractivity contribution in [3.63, 3.8) is 0 Å². The van der Waals surface area contributed by atoms with Crippen LogP contribution in [0.5, 0.6) is 0 Å². The van der Waals surface area contributed by atoms with Crippen molar-refractivity contribution in [2.75, 3.05) is 33.0 Å². The number of hydrogen-bond donors (Lipinski definition) is 17. The Bertz CT molecular complexity index is 1780. The molecule has 0 aliphatic carbocycles. The van der Waals surface area contributed by atoms with Crippen LogP contribution in [0.15, 0.2) is 12.2 Å². The molecule has 23 unspecified atom stereocenters. The van der Waals surface area contributed by atoms with Gasteiger partial charge in [0.25, 0.3) is 5.79 Å².